The maximum Gasteiger partial charge on any atom is 0.0462 e. The summed E-state index contributed by atoms with van der Waals surface area (Å²) in [5.74, 6) is 2.03. The van der Waals surface area contributed by atoms with Gasteiger partial charge in [0.05, 0.1) is 0 Å². The third-order valence-corrected chi connectivity index (χ3v) is 3.01. The van der Waals surface area contributed by atoms with Gasteiger partial charge in [-0.2, -0.15) is 0 Å². The Morgan fingerprint density at radius 3 is 2.62 bits per heavy atom. The fraction of sp³-hybridized carbons (Fsp3) is 1.00. The minimum absolute atomic E-state index is 0.383. The van der Waals surface area contributed by atoms with Gasteiger partial charge in [0, 0.05) is 6.61 Å². The van der Waals surface area contributed by atoms with Crippen molar-refractivity contribution in [1.82, 2.24) is 5.32 Å². The molecule has 2 nitrogen and oxygen atoms in total. The summed E-state index contributed by atoms with van der Waals surface area (Å²) in [4.78, 5) is 0. The molecule has 1 aliphatic rings. The van der Waals surface area contributed by atoms with Gasteiger partial charge in [-0.15, -0.1) is 0 Å². The molecule has 2 heteroatoms. The molecule has 0 bridgehead atoms. The fourth-order valence-corrected chi connectivity index (χ4v) is 2.18. The Kier molecular flexibility index (Phi) is 4.74. The van der Waals surface area contributed by atoms with Crippen LogP contribution in [0.3, 0.4) is 0 Å². The molecule has 0 radical (unpaired) electrons. The van der Waals surface area contributed by atoms with Gasteiger partial charge in [-0.1, -0.05) is 20.3 Å². The molecule has 0 heterocycles. The number of rotatable bonds is 5. The van der Waals surface area contributed by atoms with Crippen LogP contribution >= 0.6 is 0 Å². The van der Waals surface area contributed by atoms with E-state index in [1.54, 1.807) is 0 Å². The summed E-state index contributed by atoms with van der Waals surface area (Å²) in [5, 5.41) is 12.6. The molecule has 0 aromatic heterocycles. The highest BCUT2D eigenvalue weighted by Crippen LogP contribution is 2.30. The molecular formula is C11H23NO. The van der Waals surface area contributed by atoms with Crippen molar-refractivity contribution >= 4 is 0 Å². The molecule has 1 fully saturated rings. The minimum atomic E-state index is 0.383. The number of aliphatic hydroxyl groups is 1. The van der Waals surface area contributed by atoms with E-state index < -0.39 is 0 Å². The molecule has 0 saturated heterocycles. The monoisotopic (exact) mass is 185 g/mol. The molecule has 0 aliphatic heterocycles. The molecule has 2 unspecified atom stereocenters. The van der Waals surface area contributed by atoms with E-state index in [2.05, 4.69) is 19.2 Å². The fourth-order valence-electron chi connectivity index (χ4n) is 2.18. The Balaban J connectivity index is 2.13. The van der Waals surface area contributed by atoms with E-state index in [0.29, 0.717) is 12.5 Å². The Morgan fingerprint density at radius 2 is 2.00 bits per heavy atom. The third kappa shape index (κ3) is 3.65. The maximum absolute atomic E-state index is 9.12. The average Bonchev–Trinajstić information content (AvgIpc) is 2.51. The van der Waals surface area contributed by atoms with Crippen LogP contribution in [-0.4, -0.2) is 24.8 Å². The van der Waals surface area contributed by atoms with Crippen molar-refractivity contribution in [3.8, 4) is 0 Å². The van der Waals surface area contributed by atoms with Crippen LogP contribution < -0.4 is 5.32 Å². The van der Waals surface area contributed by atoms with Crippen LogP contribution in [0.2, 0.25) is 0 Å². The second kappa shape index (κ2) is 5.61. The molecule has 0 aromatic carbocycles. The standard InChI is InChI=1S/C11H23NO/c1-9(2)6-12-7-10-4-3-5-11(10)8-13/h9-13H,3-8H2,1-2H3. The van der Waals surface area contributed by atoms with E-state index in [1.807, 2.05) is 0 Å². The second-order valence-corrected chi connectivity index (χ2v) is 4.69. The lowest BCUT2D eigenvalue weighted by Gasteiger charge is -2.18. The van der Waals surface area contributed by atoms with Gasteiger partial charge in [-0.3, -0.25) is 0 Å². The molecule has 1 aliphatic carbocycles. The normalized spacial score (nSPS) is 28.6. The van der Waals surface area contributed by atoms with Crippen molar-refractivity contribution in [2.75, 3.05) is 19.7 Å². The predicted molar refractivity (Wildman–Crippen MR) is 55.6 cm³/mol. The van der Waals surface area contributed by atoms with Crippen molar-refractivity contribution in [3.63, 3.8) is 0 Å². The summed E-state index contributed by atoms with van der Waals surface area (Å²) in [6, 6.07) is 0. The van der Waals surface area contributed by atoms with E-state index in [9.17, 15) is 0 Å². The topological polar surface area (TPSA) is 32.3 Å². The van der Waals surface area contributed by atoms with Crippen molar-refractivity contribution < 1.29 is 5.11 Å². The third-order valence-electron chi connectivity index (χ3n) is 3.01. The predicted octanol–water partition coefficient (Wildman–Crippen LogP) is 1.64. The molecule has 0 amide bonds. The van der Waals surface area contributed by atoms with Gasteiger partial charge >= 0.3 is 0 Å². The average molecular weight is 185 g/mol. The van der Waals surface area contributed by atoms with E-state index in [1.165, 1.54) is 19.3 Å². The molecular weight excluding hydrogens is 162 g/mol. The number of nitrogens with one attached hydrogen (secondary N) is 1. The minimum Gasteiger partial charge on any atom is -0.396 e. The van der Waals surface area contributed by atoms with Gasteiger partial charge in [0.1, 0.15) is 0 Å². The Hall–Kier alpha value is -0.0800. The summed E-state index contributed by atoms with van der Waals surface area (Å²) >= 11 is 0. The van der Waals surface area contributed by atoms with Crippen LogP contribution in [0.15, 0.2) is 0 Å². The van der Waals surface area contributed by atoms with Crippen LogP contribution in [0.4, 0.5) is 0 Å². The first kappa shape index (κ1) is 11.0. The van der Waals surface area contributed by atoms with Crippen LogP contribution in [0, 0.1) is 17.8 Å². The molecule has 1 saturated carbocycles. The highest BCUT2D eigenvalue weighted by Gasteiger charge is 2.25. The number of hydrogen-bond donors (Lipinski definition) is 2. The zero-order valence-corrected chi connectivity index (χ0v) is 8.92. The van der Waals surface area contributed by atoms with Gasteiger partial charge in [-0.25, -0.2) is 0 Å². The molecule has 0 aromatic rings. The van der Waals surface area contributed by atoms with Gasteiger partial charge < -0.3 is 10.4 Å². The summed E-state index contributed by atoms with van der Waals surface area (Å²) in [7, 11) is 0. The van der Waals surface area contributed by atoms with Crippen LogP contribution in [0.25, 0.3) is 0 Å². The Bertz CT molecular complexity index is 136. The maximum atomic E-state index is 9.12. The van der Waals surface area contributed by atoms with E-state index in [4.69, 9.17) is 5.11 Å². The SMILES string of the molecule is CC(C)CNCC1CCCC1CO. The Labute approximate surface area is 81.7 Å². The molecule has 2 atom stereocenters. The lowest BCUT2D eigenvalue weighted by molar-refractivity contribution is 0.192. The molecule has 2 N–H and O–H groups in total. The van der Waals surface area contributed by atoms with E-state index in [-0.39, 0.29) is 0 Å². The van der Waals surface area contributed by atoms with Gasteiger partial charge in [0.25, 0.3) is 0 Å². The number of hydrogen-bond acceptors (Lipinski definition) is 2. The van der Waals surface area contributed by atoms with E-state index in [0.717, 1.165) is 24.9 Å². The largest absolute Gasteiger partial charge is 0.396 e. The zero-order valence-electron chi connectivity index (χ0n) is 8.92. The summed E-state index contributed by atoms with van der Waals surface area (Å²) in [6.07, 6.45) is 3.83. The van der Waals surface area contributed by atoms with E-state index >= 15 is 0 Å². The molecule has 1 rings (SSSR count). The second-order valence-electron chi connectivity index (χ2n) is 4.69. The van der Waals surface area contributed by atoms with Crippen molar-refractivity contribution in [2.45, 2.75) is 33.1 Å². The smallest absolute Gasteiger partial charge is 0.0462 e. The summed E-state index contributed by atoms with van der Waals surface area (Å²) in [5.41, 5.74) is 0. The van der Waals surface area contributed by atoms with Crippen LogP contribution in [-0.2, 0) is 0 Å². The highest BCUT2D eigenvalue weighted by molar-refractivity contribution is 4.78. The van der Waals surface area contributed by atoms with Gasteiger partial charge in [0.15, 0.2) is 0 Å². The van der Waals surface area contributed by atoms with Crippen LogP contribution in [0.5, 0.6) is 0 Å². The van der Waals surface area contributed by atoms with Crippen molar-refractivity contribution in [3.05, 3.63) is 0 Å². The molecule has 78 valence electrons. The first-order valence-corrected chi connectivity index (χ1v) is 5.55. The van der Waals surface area contributed by atoms with Crippen molar-refractivity contribution in [1.29, 1.82) is 0 Å². The van der Waals surface area contributed by atoms with Crippen molar-refractivity contribution in [2.24, 2.45) is 17.8 Å². The van der Waals surface area contributed by atoms with Gasteiger partial charge in [0.2, 0.25) is 0 Å². The molecule has 0 spiro atoms. The summed E-state index contributed by atoms with van der Waals surface area (Å²) in [6.45, 7) is 7.04. The van der Waals surface area contributed by atoms with Crippen LogP contribution in [0.1, 0.15) is 33.1 Å². The van der Waals surface area contributed by atoms with Gasteiger partial charge in [-0.05, 0) is 43.7 Å². The highest BCUT2D eigenvalue weighted by atomic mass is 16.3. The number of aliphatic hydroxyl groups excluding tert-OH is 1. The zero-order chi connectivity index (χ0) is 9.68. The Morgan fingerprint density at radius 1 is 1.31 bits per heavy atom. The quantitative estimate of drug-likeness (QED) is 0.682. The lowest BCUT2D eigenvalue weighted by Crippen LogP contribution is -2.29. The summed E-state index contributed by atoms with van der Waals surface area (Å²) < 4.78 is 0. The first-order chi connectivity index (χ1) is 6.24. The lowest BCUT2D eigenvalue weighted by atomic mass is 9.97. The first-order valence-electron chi connectivity index (χ1n) is 5.55. The molecule has 13 heavy (non-hydrogen) atoms.